The lowest BCUT2D eigenvalue weighted by molar-refractivity contribution is -0.125. The van der Waals surface area contributed by atoms with Crippen molar-refractivity contribution in [2.24, 2.45) is 5.92 Å². The molecule has 98 valence electrons. The van der Waals surface area contributed by atoms with Crippen LogP contribution in [0.1, 0.15) is 18.9 Å². The minimum absolute atomic E-state index is 0.102. The van der Waals surface area contributed by atoms with Gasteiger partial charge < -0.3 is 15.7 Å². The first kappa shape index (κ1) is 12.9. The Balaban J connectivity index is 1.75. The number of carbonyl (C=O) groups excluding carboxylic acids is 1. The fraction of sp³-hybridized carbons (Fsp3) is 0.500. The summed E-state index contributed by atoms with van der Waals surface area (Å²) in [7, 11) is 0. The Morgan fingerprint density at radius 3 is 2.78 bits per heavy atom. The van der Waals surface area contributed by atoms with E-state index in [4.69, 9.17) is 5.11 Å². The first-order chi connectivity index (χ1) is 8.66. The van der Waals surface area contributed by atoms with E-state index in [0.29, 0.717) is 6.54 Å². The van der Waals surface area contributed by atoms with E-state index in [1.807, 2.05) is 12.1 Å². The summed E-state index contributed by atoms with van der Waals surface area (Å²) < 4.78 is 0. The summed E-state index contributed by atoms with van der Waals surface area (Å²) in [6, 6.07) is 7.36. The second-order valence-electron chi connectivity index (χ2n) is 4.85. The van der Waals surface area contributed by atoms with Crippen LogP contribution in [0.15, 0.2) is 24.3 Å². The van der Waals surface area contributed by atoms with Gasteiger partial charge in [0.25, 0.3) is 0 Å². The number of nitrogens with one attached hydrogen (secondary N) is 2. The highest BCUT2D eigenvalue weighted by molar-refractivity contribution is 5.79. The van der Waals surface area contributed by atoms with Crippen LogP contribution in [0, 0.1) is 5.92 Å². The third kappa shape index (κ3) is 3.23. The van der Waals surface area contributed by atoms with Crippen LogP contribution < -0.4 is 10.6 Å². The molecule has 2 atom stereocenters. The van der Waals surface area contributed by atoms with Gasteiger partial charge in [0.1, 0.15) is 5.75 Å². The quantitative estimate of drug-likeness (QED) is 0.746. The molecule has 1 saturated heterocycles. The number of phenols is 1. The number of rotatable bonds is 4. The van der Waals surface area contributed by atoms with Crippen molar-refractivity contribution in [2.45, 2.75) is 25.8 Å². The highest BCUT2D eigenvalue weighted by Gasteiger charge is 2.28. The van der Waals surface area contributed by atoms with Gasteiger partial charge in [-0.3, -0.25) is 4.79 Å². The number of aromatic hydroxyl groups is 1. The molecular formula is C14H20N2O2. The molecule has 0 aliphatic carbocycles. The largest absolute Gasteiger partial charge is 0.508 e. The second-order valence-corrected chi connectivity index (χ2v) is 4.85. The Kier molecular flexibility index (Phi) is 4.20. The molecule has 1 aliphatic rings. The molecule has 0 aromatic heterocycles. The second kappa shape index (κ2) is 5.87. The van der Waals surface area contributed by atoms with E-state index in [-0.39, 0.29) is 23.6 Å². The van der Waals surface area contributed by atoms with Gasteiger partial charge in [0.15, 0.2) is 0 Å². The maximum atomic E-state index is 11.9. The zero-order valence-corrected chi connectivity index (χ0v) is 10.6. The van der Waals surface area contributed by atoms with Crippen molar-refractivity contribution in [1.82, 2.24) is 10.6 Å². The van der Waals surface area contributed by atoms with Crippen LogP contribution in [0.2, 0.25) is 0 Å². The molecule has 2 rings (SSSR count). The van der Waals surface area contributed by atoms with Crippen molar-refractivity contribution in [2.75, 3.05) is 13.1 Å². The Hall–Kier alpha value is -1.55. The fourth-order valence-electron chi connectivity index (χ4n) is 2.34. The summed E-state index contributed by atoms with van der Waals surface area (Å²) in [5.41, 5.74) is 1.12. The lowest BCUT2D eigenvalue weighted by Gasteiger charge is -2.14. The normalized spacial score (nSPS) is 22.9. The van der Waals surface area contributed by atoms with E-state index in [1.54, 1.807) is 12.1 Å². The average Bonchev–Trinajstić information content (AvgIpc) is 2.78. The Bertz CT molecular complexity index is 403. The standard InChI is InChI=1S/C14H20N2O2/c1-10-13(7-9-15-10)14(18)16-8-6-11-2-4-12(17)5-3-11/h2-5,10,13,15,17H,6-9H2,1H3,(H,16,18). The third-order valence-corrected chi connectivity index (χ3v) is 3.51. The molecule has 1 aromatic carbocycles. The number of benzene rings is 1. The monoisotopic (exact) mass is 248 g/mol. The highest BCUT2D eigenvalue weighted by atomic mass is 16.3. The molecule has 1 amide bonds. The molecule has 0 radical (unpaired) electrons. The van der Waals surface area contributed by atoms with Gasteiger partial charge >= 0.3 is 0 Å². The smallest absolute Gasteiger partial charge is 0.224 e. The molecule has 1 aliphatic heterocycles. The summed E-state index contributed by atoms with van der Waals surface area (Å²) >= 11 is 0. The minimum atomic E-state index is 0.102. The molecule has 18 heavy (non-hydrogen) atoms. The van der Waals surface area contributed by atoms with E-state index in [9.17, 15) is 4.79 Å². The molecule has 1 aromatic rings. The van der Waals surface area contributed by atoms with Gasteiger partial charge in [0, 0.05) is 12.6 Å². The molecular weight excluding hydrogens is 228 g/mol. The zero-order valence-electron chi connectivity index (χ0n) is 10.6. The predicted octanol–water partition coefficient (Wildman–Crippen LogP) is 1.05. The van der Waals surface area contributed by atoms with Crippen LogP contribution in [0.5, 0.6) is 5.75 Å². The topological polar surface area (TPSA) is 61.4 Å². The van der Waals surface area contributed by atoms with E-state index >= 15 is 0 Å². The van der Waals surface area contributed by atoms with Crippen LogP contribution in [0.3, 0.4) is 0 Å². The maximum Gasteiger partial charge on any atom is 0.224 e. The molecule has 1 fully saturated rings. The Morgan fingerprint density at radius 2 is 2.17 bits per heavy atom. The number of hydrogen-bond acceptors (Lipinski definition) is 3. The van der Waals surface area contributed by atoms with Crippen LogP contribution in [-0.2, 0) is 11.2 Å². The van der Waals surface area contributed by atoms with Crippen molar-refractivity contribution in [3.05, 3.63) is 29.8 Å². The van der Waals surface area contributed by atoms with Gasteiger partial charge in [-0.2, -0.15) is 0 Å². The van der Waals surface area contributed by atoms with Gasteiger partial charge in [-0.05, 0) is 44.0 Å². The summed E-state index contributed by atoms with van der Waals surface area (Å²) in [6.45, 7) is 3.63. The molecule has 0 spiro atoms. The van der Waals surface area contributed by atoms with Crippen molar-refractivity contribution in [1.29, 1.82) is 0 Å². The Labute approximate surface area is 107 Å². The number of hydrogen-bond donors (Lipinski definition) is 3. The minimum Gasteiger partial charge on any atom is -0.508 e. The molecule has 4 nitrogen and oxygen atoms in total. The lowest BCUT2D eigenvalue weighted by Crippen LogP contribution is -2.37. The number of amides is 1. The van der Waals surface area contributed by atoms with Crippen molar-refractivity contribution in [3.63, 3.8) is 0 Å². The molecule has 0 bridgehead atoms. The molecule has 3 N–H and O–H groups in total. The fourth-order valence-corrected chi connectivity index (χ4v) is 2.34. The van der Waals surface area contributed by atoms with Gasteiger partial charge in [-0.1, -0.05) is 12.1 Å². The van der Waals surface area contributed by atoms with E-state index in [0.717, 1.165) is 24.9 Å². The average molecular weight is 248 g/mol. The van der Waals surface area contributed by atoms with Crippen molar-refractivity contribution in [3.8, 4) is 5.75 Å². The van der Waals surface area contributed by atoms with E-state index < -0.39 is 0 Å². The van der Waals surface area contributed by atoms with Gasteiger partial charge in [-0.15, -0.1) is 0 Å². The van der Waals surface area contributed by atoms with Crippen LogP contribution in [0.25, 0.3) is 0 Å². The van der Waals surface area contributed by atoms with Crippen LogP contribution in [-0.4, -0.2) is 30.1 Å². The Morgan fingerprint density at radius 1 is 1.44 bits per heavy atom. The summed E-state index contributed by atoms with van der Waals surface area (Å²) in [5.74, 6) is 0.518. The molecule has 0 saturated carbocycles. The molecule has 2 unspecified atom stereocenters. The maximum absolute atomic E-state index is 11.9. The van der Waals surface area contributed by atoms with Crippen molar-refractivity contribution >= 4 is 5.91 Å². The third-order valence-electron chi connectivity index (χ3n) is 3.51. The number of carbonyl (C=O) groups is 1. The van der Waals surface area contributed by atoms with Gasteiger partial charge in [0.05, 0.1) is 5.92 Å². The van der Waals surface area contributed by atoms with E-state index in [1.165, 1.54) is 0 Å². The van der Waals surface area contributed by atoms with E-state index in [2.05, 4.69) is 17.6 Å². The summed E-state index contributed by atoms with van der Waals surface area (Å²) in [4.78, 5) is 11.9. The first-order valence-corrected chi connectivity index (χ1v) is 6.46. The van der Waals surface area contributed by atoms with Gasteiger partial charge in [0.2, 0.25) is 5.91 Å². The summed E-state index contributed by atoms with van der Waals surface area (Å²) in [5, 5.41) is 15.4. The highest BCUT2D eigenvalue weighted by Crippen LogP contribution is 2.15. The van der Waals surface area contributed by atoms with Crippen molar-refractivity contribution < 1.29 is 9.90 Å². The SMILES string of the molecule is CC1NCCC1C(=O)NCCc1ccc(O)cc1. The predicted molar refractivity (Wildman–Crippen MR) is 70.4 cm³/mol. The van der Waals surface area contributed by atoms with Crippen LogP contribution >= 0.6 is 0 Å². The van der Waals surface area contributed by atoms with Gasteiger partial charge in [-0.25, -0.2) is 0 Å². The summed E-state index contributed by atoms with van der Waals surface area (Å²) in [6.07, 6.45) is 1.72. The molecule has 4 heteroatoms. The van der Waals surface area contributed by atoms with Crippen LogP contribution in [0.4, 0.5) is 0 Å². The number of phenolic OH excluding ortho intramolecular Hbond substituents is 1. The lowest BCUT2D eigenvalue weighted by atomic mass is 10.0. The molecule has 1 heterocycles. The first-order valence-electron chi connectivity index (χ1n) is 6.46. The zero-order chi connectivity index (χ0) is 13.0.